The fraction of sp³-hybridized carbons (Fsp3) is 0.333. The van der Waals surface area contributed by atoms with Gasteiger partial charge in [-0.3, -0.25) is 15.0 Å². The normalized spacial score (nSPS) is 20.2. The molecule has 3 aromatic rings. The summed E-state index contributed by atoms with van der Waals surface area (Å²) in [5.74, 6) is -1.85. The van der Waals surface area contributed by atoms with Gasteiger partial charge >= 0.3 is 11.9 Å². The van der Waals surface area contributed by atoms with Crippen LogP contribution in [0.2, 0.25) is 0 Å². The number of allylic oxidation sites excluding steroid dienone is 2. The topological polar surface area (TPSA) is 111 Å². The van der Waals surface area contributed by atoms with Gasteiger partial charge in [0.05, 0.1) is 29.1 Å². The average molecular weight is 610 g/mol. The highest BCUT2D eigenvalue weighted by Crippen LogP contribution is 2.41. The Morgan fingerprint density at radius 3 is 2.13 bits per heavy atom. The van der Waals surface area contributed by atoms with E-state index in [0.717, 1.165) is 19.5 Å². The number of methoxy groups -OCH3 is 1. The summed E-state index contributed by atoms with van der Waals surface area (Å²) in [4.78, 5) is 40.5. The Hall–Kier alpha value is -4.76. The van der Waals surface area contributed by atoms with Crippen LogP contribution < -0.4 is 5.32 Å². The van der Waals surface area contributed by atoms with Crippen molar-refractivity contribution in [2.75, 3.05) is 26.7 Å². The van der Waals surface area contributed by atoms with E-state index in [1.807, 2.05) is 19.1 Å². The number of hydrogen-bond acceptors (Lipinski definition) is 8. The van der Waals surface area contributed by atoms with Crippen molar-refractivity contribution >= 4 is 17.6 Å². The number of ether oxygens (including phenoxy) is 2. The SMILES string of the molecule is COC(=O)C1=C(C)NC(C)=C(C(=O)OC2(C)CCN(CCC(c3ccccc3)c3ccccc3)C2)C1c1cccc([N+](=O)[O-])c1. The van der Waals surface area contributed by atoms with Crippen molar-refractivity contribution < 1.29 is 24.0 Å². The number of carbonyl (C=O) groups is 2. The van der Waals surface area contributed by atoms with Crippen molar-refractivity contribution in [3.8, 4) is 0 Å². The summed E-state index contributed by atoms with van der Waals surface area (Å²) in [6.07, 6.45) is 1.56. The summed E-state index contributed by atoms with van der Waals surface area (Å²) in [5, 5.41) is 14.7. The minimum Gasteiger partial charge on any atom is -0.466 e. The van der Waals surface area contributed by atoms with E-state index >= 15 is 0 Å². The summed E-state index contributed by atoms with van der Waals surface area (Å²) in [7, 11) is 1.27. The van der Waals surface area contributed by atoms with Crippen LogP contribution in [0.5, 0.6) is 0 Å². The molecule has 5 rings (SSSR count). The molecule has 45 heavy (non-hydrogen) atoms. The fourth-order valence-electron chi connectivity index (χ4n) is 6.58. The monoisotopic (exact) mass is 609 g/mol. The molecule has 0 aliphatic carbocycles. The van der Waals surface area contributed by atoms with E-state index in [1.165, 1.54) is 30.4 Å². The lowest BCUT2D eigenvalue weighted by Gasteiger charge is -2.33. The summed E-state index contributed by atoms with van der Waals surface area (Å²) in [6, 6.07) is 27.0. The summed E-state index contributed by atoms with van der Waals surface area (Å²) in [6.45, 7) is 7.57. The minimum atomic E-state index is -0.898. The molecule has 0 radical (unpaired) electrons. The molecule has 2 aliphatic heterocycles. The van der Waals surface area contributed by atoms with E-state index in [4.69, 9.17) is 9.47 Å². The fourth-order valence-corrected chi connectivity index (χ4v) is 6.58. The second-order valence-corrected chi connectivity index (χ2v) is 12.0. The lowest BCUT2D eigenvalue weighted by molar-refractivity contribution is -0.384. The predicted molar refractivity (Wildman–Crippen MR) is 171 cm³/mol. The average Bonchev–Trinajstić information content (AvgIpc) is 3.41. The van der Waals surface area contributed by atoms with Crippen LogP contribution in [0.1, 0.15) is 62.1 Å². The first-order valence-corrected chi connectivity index (χ1v) is 15.2. The van der Waals surface area contributed by atoms with E-state index in [1.54, 1.807) is 26.0 Å². The number of nitrogens with zero attached hydrogens (tertiary/aromatic N) is 2. The molecule has 2 aliphatic rings. The van der Waals surface area contributed by atoms with Crippen LogP contribution in [0, 0.1) is 10.1 Å². The smallest absolute Gasteiger partial charge is 0.337 e. The van der Waals surface area contributed by atoms with Gasteiger partial charge in [-0.25, -0.2) is 9.59 Å². The molecule has 2 unspecified atom stereocenters. The molecule has 0 spiro atoms. The van der Waals surface area contributed by atoms with Gasteiger partial charge in [0.15, 0.2) is 0 Å². The quantitative estimate of drug-likeness (QED) is 0.164. The van der Waals surface area contributed by atoms with E-state index in [9.17, 15) is 19.7 Å². The molecule has 0 bridgehead atoms. The van der Waals surface area contributed by atoms with E-state index in [0.29, 0.717) is 29.9 Å². The number of dihydropyridines is 1. The van der Waals surface area contributed by atoms with Crippen molar-refractivity contribution in [3.05, 3.63) is 134 Å². The Balaban J connectivity index is 1.35. The Kier molecular flexibility index (Phi) is 9.48. The number of nitro benzene ring substituents is 1. The number of benzene rings is 3. The van der Waals surface area contributed by atoms with Crippen LogP contribution in [0.4, 0.5) is 5.69 Å². The van der Waals surface area contributed by atoms with Gasteiger partial charge in [0.2, 0.25) is 0 Å². The Morgan fingerprint density at radius 2 is 1.56 bits per heavy atom. The van der Waals surface area contributed by atoms with Crippen LogP contribution in [0.15, 0.2) is 107 Å². The van der Waals surface area contributed by atoms with Crippen molar-refractivity contribution in [3.63, 3.8) is 0 Å². The van der Waals surface area contributed by atoms with E-state index in [2.05, 4.69) is 58.7 Å². The molecular weight excluding hydrogens is 570 g/mol. The molecule has 9 heteroatoms. The maximum Gasteiger partial charge on any atom is 0.337 e. The van der Waals surface area contributed by atoms with Gasteiger partial charge in [-0.2, -0.15) is 0 Å². The number of carbonyl (C=O) groups excluding carboxylic acids is 2. The van der Waals surface area contributed by atoms with E-state index < -0.39 is 28.4 Å². The zero-order chi connectivity index (χ0) is 32.1. The summed E-state index contributed by atoms with van der Waals surface area (Å²) >= 11 is 0. The molecule has 1 saturated heterocycles. The second-order valence-electron chi connectivity index (χ2n) is 12.0. The number of nitro groups is 1. The van der Waals surface area contributed by atoms with Gasteiger partial charge in [-0.05, 0) is 50.4 Å². The van der Waals surface area contributed by atoms with Crippen molar-refractivity contribution in [1.82, 2.24) is 10.2 Å². The number of esters is 2. The largest absolute Gasteiger partial charge is 0.466 e. The van der Waals surface area contributed by atoms with Crippen LogP contribution in [0.3, 0.4) is 0 Å². The molecule has 2 atom stereocenters. The lowest BCUT2D eigenvalue weighted by atomic mass is 9.80. The molecule has 9 nitrogen and oxygen atoms in total. The molecule has 234 valence electrons. The molecular formula is C36H39N3O6. The highest BCUT2D eigenvalue weighted by molar-refractivity contribution is 6.00. The highest BCUT2D eigenvalue weighted by Gasteiger charge is 2.43. The first-order valence-electron chi connectivity index (χ1n) is 15.2. The van der Waals surface area contributed by atoms with Crippen LogP contribution in [-0.4, -0.2) is 54.1 Å². The second kappa shape index (κ2) is 13.5. The van der Waals surface area contributed by atoms with Crippen molar-refractivity contribution in [1.29, 1.82) is 0 Å². The van der Waals surface area contributed by atoms with Crippen LogP contribution in [-0.2, 0) is 19.1 Å². The third kappa shape index (κ3) is 6.99. The Morgan fingerprint density at radius 1 is 0.956 bits per heavy atom. The maximum absolute atomic E-state index is 14.0. The third-order valence-electron chi connectivity index (χ3n) is 8.79. The van der Waals surface area contributed by atoms with Gasteiger partial charge in [0.1, 0.15) is 5.60 Å². The first kappa shape index (κ1) is 31.7. The zero-order valence-electron chi connectivity index (χ0n) is 26.1. The van der Waals surface area contributed by atoms with Gasteiger partial charge < -0.3 is 14.8 Å². The maximum atomic E-state index is 14.0. The molecule has 1 fully saturated rings. The lowest BCUT2D eigenvalue weighted by Crippen LogP contribution is -2.39. The predicted octanol–water partition coefficient (Wildman–Crippen LogP) is 6.23. The van der Waals surface area contributed by atoms with Gasteiger partial charge in [-0.1, -0.05) is 72.8 Å². The summed E-state index contributed by atoms with van der Waals surface area (Å²) < 4.78 is 11.3. The van der Waals surface area contributed by atoms with Crippen LogP contribution in [0.25, 0.3) is 0 Å². The number of nitrogens with one attached hydrogen (secondary N) is 1. The molecule has 0 aromatic heterocycles. The van der Waals surface area contributed by atoms with Crippen molar-refractivity contribution in [2.45, 2.75) is 51.0 Å². The summed E-state index contributed by atoms with van der Waals surface area (Å²) in [5.41, 5.74) is 3.54. The molecule has 2 heterocycles. The zero-order valence-corrected chi connectivity index (χ0v) is 26.1. The van der Waals surface area contributed by atoms with Gasteiger partial charge in [0.25, 0.3) is 5.69 Å². The molecule has 0 amide bonds. The first-order chi connectivity index (χ1) is 21.6. The number of likely N-dealkylation sites (tertiary alicyclic amines) is 1. The molecule has 3 aromatic carbocycles. The highest BCUT2D eigenvalue weighted by atomic mass is 16.6. The minimum absolute atomic E-state index is 0.138. The van der Waals surface area contributed by atoms with Gasteiger partial charge in [0, 0.05) is 49.0 Å². The Labute approximate surface area is 263 Å². The molecule has 1 N–H and O–H groups in total. The third-order valence-corrected chi connectivity index (χ3v) is 8.79. The number of rotatable bonds is 10. The standard InChI is InChI=1S/C36H39N3O6/c1-24-31(34(40)44-4)33(28-16-11-17-29(22-28)39(42)43)32(25(2)37-24)35(41)45-36(3)19-21-38(23-36)20-18-30(26-12-7-5-8-13-26)27-14-9-6-10-15-27/h5-17,22,30,33,37H,18-21,23H2,1-4H3. The molecule has 0 saturated carbocycles. The van der Waals surface area contributed by atoms with E-state index in [-0.39, 0.29) is 22.8 Å². The van der Waals surface area contributed by atoms with Crippen LogP contribution >= 0.6 is 0 Å². The van der Waals surface area contributed by atoms with Gasteiger partial charge in [-0.15, -0.1) is 0 Å². The Bertz CT molecular complexity index is 1600. The number of non-ortho nitro benzene ring substituents is 1. The van der Waals surface area contributed by atoms with Crippen molar-refractivity contribution in [2.24, 2.45) is 0 Å². The number of hydrogen-bond donors (Lipinski definition) is 1.